The molecule has 0 bridgehead atoms. The largest absolute Gasteiger partial charge is 0.422 e. The Morgan fingerprint density at radius 2 is 0.875 bits per heavy atom. The number of carbonyl (C=O) groups excluding carboxylic acids is 2. The number of ether oxygens (including phenoxy) is 2. The van der Waals surface area contributed by atoms with Crippen LogP contribution in [0.15, 0.2) is 72.8 Å². The fourth-order valence-corrected chi connectivity index (χ4v) is 3.57. The average Bonchev–Trinajstić information content (AvgIpc) is 2.80. The predicted octanol–water partition coefficient (Wildman–Crippen LogP) is 6.51. The van der Waals surface area contributed by atoms with Crippen molar-refractivity contribution in [2.75, 3.05) is 0 Å². The van der Waals surface area contributed by atoms with Crippen molar-refractivity contribution >= 4 is 22.7 Å². The number of fused-ring (bicyclic) bond motifs is 1. The molecule has 0 aliphatic rings. The summed E-state index contributed by atoms with van der Waals surface area (Å²) in [6.07, 6.45) is 0. The number of benzene rings is 4. The van der Waals surface area contributed by atoms with Crippen LogP contribution in [0.25, 0.3) is 10.8 Å². The lowest BCUT2D eigenvalue weighted by Gasteiger charge is -2.18. The number of aryl methyl sites for hydroxylation is 2. The highest BCUT2D eigenvalue weighted by atomic mass is 16.5. The number of esters is 2. The molecule has 0 atom stereocenters. The Kier molecular flexibility index (Phi) is 5.78. The van der Waals surface area contributed by atoms with E-state index in [1.54, 1.807) is 24.3 Å². The molecule has 4 rings (SSSR count). The summed E-state index contributed by atoms with van der Waals surface area (Å²) < 4.78 is 11.7. The second kappa shape index (κ2) is 8.67. The quantitative estimate of drug-likeness (QED) is 0.277. The lowest BCUT2D eigenvalue weighted by atomic mass is 9.99. The Morgan fingerprint density at radius 3 is 1.22 bits per heavy atom. The third-order valence-electron chi connectivity index (χ3n) is 5.62. The molecule has 0 spiro atoms. The smallest absolute Gasteiger partial charge is 0.343 e. The van der Waals surface area contributed by atoms with Crippen LogP contribution in [0, 0.1) is 27.7 Å². The molecule has 0 aliphatic heterocycles. The average molecular weight is 424 g/mol. The molecule has 160 valence electrons. The fourth-order valence-electron chi connectivity index (χ4n) is 3.57. The molecule has 0 aliphatic carbocycles. The standard InChI is InChI=1S/C28H24O4/c1-17-9-13-21(14-10-17)27(29)31-25-19(3)20(4)26(24-8-6-5-7-23(24)25)32-28(30)22-15-11-18(2)12-16-22/h5-16H,1-4H3. The molecule has 0 heterocycles. The minimum absolute atomic E-state index is 0.429. The number of rotatable bonds is 4. The first-order valence-corrected chi connectivity index (χ1v) is 10.4. The van der Waals surface area contributed by atoms with Gasteiger partial charge < -0.3 is 9.47 Å². The van der Waals surface area contributed by atoms with E-state index in [0.29, 0.717) is 33.4 Å². The maximum atomic E-state index is 12.8. The van der Waals surface area contributed by atoms with Gasteiger partial charge in [0.15, 0.2) is 0 Å². The van der Waals surface area contributed by atoms with E-state index in [1.807, 2.05) is 76.2 Å². The van der Waals surface area contributed by atoms with Gasteiger partial charge in [-0.1, -0.05) is 59.7 Å². The van der Waals surface area contributed by atoms with Crippen molar-refractivity contribution in [1.82, 2.24) is 0 Å². The molecule has 32 heavy (non-hydrogen) atoms. The highest BCUT2D eigenvalue weighted by molar-refractivity contribution is 6.01. The Balaban J connectivity index is 1.74. The summed E-state index contributed by atoms with van der Waals surface area (Å²) in [5, 5.41) is 1.42. The van der Waals surface area contributed by atoms with E-state index in [0.717, 1.165) is 22.3 Å². The highest BCUT2D eigenvalue weighted by Crippen LogP contribution is 2.40. The zero-order valence-electron chi connectivity index (χ0n) is 18.6. The van der Waals surface area contributed by atoms with Crippen molar-refractivity contribution in [2.24, 2.45) is 0 Å². The molecular weight excluding hydrogens is 400 g/mol. The summed E-state index contributed by atoms with van der Waals surface area (Å²) in [6.45, 7) is 7.66. The van der Waals surface area contributed by atoms with E-state index in [1.165, 1.54) is 0 Å². The SMILES string of the molecule is Cc1ccc(C(=O)Oc2c(C)c(C)c(OC(=O)c3ccc(C)cc3)c3ccccc23)cc1. The van der Waals surface area contributed by atoms with E-state index < -0.39 is 11.9 Å². The highest BCUT2D eigenvalue weighted by Gasteiger charge is 2.21. The molecule has 0 radical (unpaired) electrons. The molecule has 4 nitrogen and oxygen atoms in total. The van der Waals surface area contributed by atoms with Crippen LogP contribution in [0.3, 0.4) is 0 Å². The van der Waals surface area contributed by atoms with Crippen LogP contribution >= 0.6 is 0 Å². The molecule has 0 fully saturated rings. The third-order valence-corrected chi connectivity index (χ3v) is 5.62. The van der Waals surface area contributed by atoms with Crippen LogP contribution in [0.4, 0.5) is 0 Å². The fraction of sp³-hybridized carbons (Fsp3) is 0.143. The van der Waals surface area contributed by atoms with Crippen LogP contribution < -0.4 is 9.47 Å². The van der Waals surface area contributed by atoms with Gasteiger partial charge in [-0.15, -0.1) is 0 Å². The molecule has 0 aromatic heterocycles. The predicted molar refractivity (Wildman–Crippen MR) is 126 cm³/mol. The number of carbonyl (C=O) groups is 2. The van der Waals surface area contributed by atoms with Crippen LogP contribution in [0.1, 0.15) is 43.0 Å². The van der Waals surface area contributed by atoms with Crippen molar-refractivity contribution in [3.05, 3.63) is 106 Å². The lowest BCUT2D eigenvalue weighted by molar-refractivity contribution is 0.0721. The zero-order valence-corrected chi connectivity index (χ0v) is 18.6. The Hall–Kier alpha value is -3.92. The minimum atomic E-state index is -0.429. The summed E-state index contributed by atoms with van der Waals surface area (Å²) in [6, 6.07) is 22.0. The Morgan fingerprint density at radius 1 is 0.531 bits per heavy atom. The maximum Gasteiger partial charge on any atom is 0.343 e. The second-order valence-electron chi connectivity index (χ2n) is 7.96. The summed E-state index contributed by atoms with van der Waals surface area (Å²) in [4.78, 5) is 25.6. The van der Waals surface area contributed by atoms with E-state index in [4.69, 9.17) is 9.47 Å². The van der Waals surface area contributed by atoms with Gasteiger partial charge in [0, 0.05) is 10.8 Å². The first kappa shape index (κ1) is 21.3. The van der Waals surface area contributed by atoms with Crippen molar-refractivity contribution in [3.63, 3.8) is 0 Å². The van der Waals surface area contributed by atoms with Gasteiger partial charge in [0.2, 0.25) is 0 Å². The molecule has 0 saturated carbocycles. The molecule has 4 aromatic carbocycles. The summed E-state index contributed by atoms with van der Waals surface area (Å²) >= 11 is 0. The van der Waals surface area contributed by atoms with Crippen LogP contribution in [-0.4, -0.2) is 11.9 Å². The molecule has 0 saturated heterocycles. The van der Waals surface area contributed by atoms with Gasteiger partial charge in [0.1, 0.15) is 11.5 Å². The lowest BCUT2D eigenvalue weighted by Crippen LogP contribution is -2.13. The number of hydrogen-bond acceptors (Lipinski definition) is 4. The van der Waals surface area contributed by atoms with Crippen LogP contribution in [-0.2, 0) is 0 Å². The van der Waals surface area contributed by atoms with Gasteiger partial charge in [-0.25, -0.2) is 9.59 Å². The second-order valence-corrected chi connectivity index (χ2v) is 7.96. The minimum Gasteiger partial charge on any atom is -0.422 e. The molecule has 0 amide bonds. The Labute approximate surface area is 187 Å². The first-order valence-electron chi connectivity index (χ1n) is 10.4. The number of hydrogen-bond donors (Lipinski definition) is 0. The van der Waals surface area contributed by atoms with Crippen molar-refractivity contribution in [1.29, 1.82) is 0 Å². The molecule has 0 unspecified atom stereocenters. The van der Waals surface area contributed by atoms with Crippen LogP contribution in [0.5, 0.6) is 11.5 Å². The normalized spacial score (nSPS) is 10.8. The van der Waals surface area contributed by atoms with Gasteiger partial charge >= 0.3 is 11.9 Å². The maximum absolute atomic E-state index is 12.8. The molecule has 4 heteroatoms. The molecule has 4 aromatic rings. The van der Waals surface area contributed by atoms with Crippen molar-refractivity contribution < 1.29 is 19.1 Å². The zero-order chi connectivity index (χ0) is 22.8. The van der Waals surface area contributed by atoms with E-state index >= 15 is 0 Å². The van der Waals surface area contributed by atoms with E-state index in [9.17, 15) is 9.59 Å². The summed E-state index contributed by atoms with van der Waals surface area (Å²) in [5.74, 6) is 0.0849. The summed E-state index contributed by atoms with van der Waals surface area (Å²) in [7, 11) is 0. The van der Waals surface area contributed by atoms with Gasteiger partial charge in [-0.3, -0.25) is 0 Å². The topological polar surface area (TPSA) is 52.6 Å². The van der Waals surface area contributed by atoms with Crippen LogP contribution in [0.2, 0.25) is 0 Å². The molecule has 0 N–H and O–H groups in total. The van der Waals surface area contributed by atoms with E-state index in [-0.39, 0.29) is 0 Å². The van der Waals surface area contributed by atoms with Gasteiger partial charge in [0.05, 0.1) is 11.1 Å². The van der Waals surface area contributed by atoms with Crippen molar-refractivity contribution in [3.8, 4) is 11.5 Å². The van der Waals surface area contributed by atoms with Gasteiger partial charge in [0.25, 0.3) is 0 Å². The first-order chi connectivity index (χ1) is 15.3. The van der Waals surface area contributed by atoms with E-state index in [2.05, 4.69) is 0 Å². The van der Waals surface area contributed by atoms with Gasteiger partial charge in [-0.05, 0) is 63.1 Å². The summed E-state index contributed by atoms with van der Waals surface area (Å²) in [5.41, 5.74) is 4.59. The third kappa shape index (κ3) is 4.12. The molecular formula is C28H24O4. The monoisotopic (exact) mass is 424 g/mol. The van der Waals surface area contributed by atoms with Crippen molar-refractivity contribution in [2.45, 2.75) is 27.7 Å². The van der Waals surface area contributed by atoms with Gasteiger partial charge in [-0.2, -0.15) is 0 Å². The Bertz CT molecular complexity index is 1210.